The Morgan fingerprint density at radius 3 is 0.946 bits per heavy atom. The molecule has 0 aliphatic rings. The maximum absolute atomic E-state index is 13.1. The second-order valence-corrected chi connectivity index (χ2v) is 30.2. The van der Waals surface area contributed by atoms with Crippen molar-refractivity contribution in [2.24, 2.45) is 0 Å². The van der Waals surface area contributed by atoms with Crippen LogP contribution in [0.4, 0.5) is 0 Å². The summed E-state index contributed by atoms with van der Waals surface area (Å²) in [6.07, 6.45) is 106. The van der Waals surface area contributed by atoms with Crippen molar-refractivity contribution in [2.75, 3.05) is 40.9 Å². The summed E-state index contributed by atoms with van der Waals surface area (Å²) >= 11 is 0. The number of phosphoric ester groups is 1. The van der Waals surface area contributed by atoms with Crippen LogP contribution in [0.5, 0.6) is 0 Å². The lowest BCUT2D eigenvalue weighted by Gasteiger charge is -2.26. The molecule has 0 aromatic heterocycles. The van der Waals surface area contributed by atoms with Crippen molar-refractivity contribution in [1.82, 2.24) is 5.32 Å². The van der Waals surface area contributed by atoms with Crippen LogP contribution < -0.4 is 5.32 Å². The van der Waals surface area contributed by atoms with E-state index in [1.807, 2.05) is 21.1 Å². The highest BCUT2D eigenvalue weighted by Crippen LogP contribution is 2.43. The van der Waals surface area contributed by atoms with E-state index in [2.05, 4.69) is 104 Å². The third kappa shape index (κ3) is 76.9. The van der Waals surface area contributed by atoms with Crippen molar-refractivity contribution in [1.29, 1.82) is 0 Å². The standard InChI is InChI=1S/C84H157N2O6P/c1-6-8-10-12-14-16-18-20-22-24-26-28-30-32-34-36-38-40-41-42-43-44-45-46-48-50-52-54-56-58-60-62-64-66-68-70-72-74-76-78-84(88)85-82(81-92-93(89,90)91-80-79-86(3,4)5)83(87)77-75-73-71-69-67-65-63-61-59-57-55-53-51-49-47-39-37-35-33-31-29-27-25-23-21-19-17-15-13-11-9-7-2/h8,10,14,16,20,22,26,28,32,34,38,40,42-43,82-83,87H,6-7,9,11-13,15,17-19,21,23-25,27,29-31,33,35-37,39,41,44-81H2,1-5H3,(H-,85,88,89,90)/p+1/b10-8-,16-14-,22-20-,28-26-,34-32-,40-38-,43-42-. The first-order valence-electron chi connectivity index (χ1n) is 40.5. The minimum absolute atomic E-state index is 0.0743. The maximum atomic E-state index is 13.1. The van der Waals surface area contributed by atoms with Crippen molar-refractivity contribution >= 4 is 13.7 Å². The Morgan fingerprint density at radius 2 is 0.645 bits per heavy atom. The molecule has 3 atom stereocenters. The highest BCUT2D eigenvalue weighted by molar-refractivity contribution is 7.47. The fourth-order valence-corrected chi connectivity index (χ4v) is 12.9. The summed E-state index contributed by atoms with van der Waals surface area (Å²) in [6.45, 7) is 4.83. The zero-order valence-electron chi connectivity index (χ0n) is 62.5. The Bertz CT molecular complexity index is 1800. The monoisotopic (exact) mass is 1320 g/mol. The van der Waals surface area contributed by atoms with Crippen LogP contribution in [-0.2, 0) is 18.4 Å². The highest BCUT2D eigenvalue weighted by atomic mass is 31.2. The molecule has 0 aliphatic heterocycles. The van der Waals surface area contributed by atoms with E-state index in [-0.39, 0.29) is 19.1 Å². The third-order valence-electron chi connectivity index (χ3n) is 18.4. The Hall–Kier alpha value is -2.32. The number of carbonyl (C=O) groups is 1. The summed E-state index contributed by atoms with van der Waals surface area (Å²) in [4.78, 5) is 23.5. The van der Waals surface area contributed by atoms with Crippen LogP contribution in [0, 0.1) is 0 Å². The normalized spacial score (nSPS) is 13.9. The number of quaternary nitrogens is 1. The maximum Gasteiger partial charge on any atom is 0.472 e. The quantitative estimate of drug-likeness (QED) is 0.0243. The van der Waals surface area contributed by atoms with Crippen LogP contribution in [0.3, 0.4) is 0 Å². The van der Waals surface area contributed by atoms with E-state index in [9.17, 15) is 19.4 Å². The number of unbranched alkanes of at least 4 members (excludes halogenated alkanes) is 48. The number of nitrogens with one attached hydrogen (secondary N) is 1. The lowest BCUT2D eigenvalue weighted by atomic mass is 10.0. The van der Waals surface area contributed by atoms with Crippen molar-refractivity contribution in [3.63, 3.8) is 0 Å². The Morgan fingerprint density at radius 1 is 0.376 bits per heavy atom. The molecule has 3 N–H and O–H groups in total. The molecule has 0 aliphatic carbocycles. The molecule has 0 bridgehead atoms. The molecule has 0 aromatic rings. The average Bonchev–Trinajstić information content (AvgIpc) is 1.94. The van der Waals surface area contributed by atoms with Gasteiger partial charge in [0.25, 0.3) is 0 Å². The van der Waals surface area contributed by atoms with Crippen molar-refractivity contribution in [2.45, 2.75) is 405 Å². The zero-order valence-corrected chi connectivity index (χ0v) is 63.4. The fraction of sp³-hybridized carbons (Fsp3) is 0.821. The molecule has 1 amide bonds. The largest absolute Gasteiger partial charge is 0.472 e. The van der Waals surface area contributed by atoms with Gasteiger partial charge in [0.2, 0.25) is 5.91 Å². The predicted molar refractivity (Wildman–Crippen MR) is 410 cm³/mol. The fourth-order valence-electron chi connectivity index (χ4n) is 12.2. The van der Waals surface area contributed by atoms with Crippen molar-refractivity contribution < 1.29 is 32.9 Å². The predicted octanol–water partition coefficient (Wildman–Crippen LogP) is 26.6. The van der Waals surface area contributed by atoms with Gasteiger partial charge in [0, 0.05) is 6.42 Å². The van der Waals surface area contributed by atoms with Crippen LogP contribution in [0.1, 0.15) is 393 Å². The van der Waals surface area contributed by atoms with Gasteiger partial charge in [-0.2, -0.15) is 0 Å². The minimum Gasteiger partial charge on any atom is -0.391 e. The van der Waals surface area contributed by atoms with E-state index >= 15 is 0 Å². The lowest BCUT2D eigenvalue weighted by Crippen LogP contribution is -2.46. The van der Waals surface area contributed by atoms with Crippen LogP contribution in [0.25, 0.3) is 0 Å². The van der Waals surface area contributed by atoms with Gasteiger partial charge in [0.05, 0.1) is 39.9 Å². The van der Waals surface area contributed by atoms with Crippen LogP contribution in [-0.4, -0.2) is 73.4 Å². The Labute approximate surface area is 579 Å². The van der Waals surface area contributed by atoms with E-state index in [0.29, 0.717) is 23.9 Å². The number of nitrogens with zero attached hydrogens (tertiary/aromatic N) is 1. The Balaban J connectivity index is 3.95. The van der Waals surface area contributed by atoms with Crippen LogP contribution >= 0.6 is 7.82 Å². The van der Waals surface area contributed by atoms with Gasteiger partial charge in [-0.25, -0.2) is 4.57 Å². The summed E-state index contributed by atoms with van der Waals surface area (Å²) < 4.78 is 24.0. The first kappa shape index (κ1) is 90.7. The lowest BCUT2D eigenvalue weighted by molar-refractivity contribution is -0.870. The average molecular weight is 1320 g/mol. The van der Waals surface area contributed by atoms with Gasteiger partial charge in [0.1, 0.15) is 13.2 Å². The van der Waals surface area contributed by atoms with E-state index in [1.165, 1.54) is 283 Å². The number of carbonyl (C=O) groups excluding carboxylic acids is 1. The molecule has 0 spiro atoms. The molecule has 0 rings (SSSR count). The number of allylic oxidation sites excluding steroid dienone is 14. The number of phosphoric acid groups is 1. The smallest absolute Gasteiger partial charge is 0.391 e. The highest BCUT2D eigenvalue weighted by Gasteiger charge is 2.28. The first-order chi connectivity index (χ1) is 45.5. The molecular formula is C84H158N2O6P+. The van der Waals surface area contributed by atoms with Crippen molar-refractivity contribution in [3.05, 3.63) is 85.1 Å². The van der Waals surface area contributed by atoms with Gasteiger partial charge < -0.3 is 19.8 Å². The van der Waals surface area contributed by atoms with E-state index in [4.69, 9.17) is 9.05 Å². The molecule has 8 nitrogen and oxygen atoms in total. The number of likely N-dealkylation sites (N-methyl/N-ethyl adjacent to an activating group) is 1. The summed E-state index contributed by atoms with van der Waals surface area (Å²) in [7, 11) is 1.63. The number of hydrogen-bond donors (Lipinski definition) is 3. The molecule has 3 unspecified atom stereocenters. The van der Waals surface area contributed by atoms with E-state index in [1.54, 1.807) is 0 Å². The number of aliphatic hydroxyl groups is 1. The minimum atomic E-state index is -4.34. The summed E-state index contributed by atoms with van der Waals surface area (Å²) in [5.74, 6) is -0.139. The van der Waals surface area contributed by atoms with Gasteiger partial charge >= 0.3 is 7.82 Å². The third-order valence-corrected chi connectivity index (χ3v) is 19.4. The van der Waals surface area contributed by atoms with Crippen LogP contribution in [0.15, 0.2) is 85.1 Å². The number of rotatable bonds is 75. The SMILES string of the molecule is CC/C=C\C/C=C\C/C=C\C/C=C\C/C=C\C/C=C\C/C=C\CCCCCCCCCCCCCCCCCCCC(=O)NC(COP(=O)(O)OCC[N+](C)(C)C)C(O)CCCCCCCCCCCCCCCCCCCCCCCCCCCCCCCCCC. The molecule has 93 heavy (non-hydrogen) atoms. The molecule has 0 saturated carbocycles. The van der Waals surface area contributed by atoms with Gasteiger partial charge in [-0.15, -0.1) is 0 Å². The summed E-state index contributed by atoms with van der Waals surface area (Å²) in [5, 5.41) is 14.2. The van der Waals surface area contributed by atoms with Crippen molar-refractivity contribution in [3.8, 4) is 0 Å². The molecule has 544 valence electrons. The summed E-state index contributed by atoms with van der Waals surface area (Å²) in [5.41, 5.74) is 0. The van der Waals surface area contributed by atoms with E-state index < -0.39 is 20.0 Å². The van der Waals surface area contributed by atoms with E-state index in [0.717, 1.165) is 83.5 Å². The molecule has 0 aromatic carbocycles. The number of amides is 1. The second kappa shape index (κ2) is 73.9. The summed E-state index contributed by atoms with van der Waals surface area (Å²) in [6, 6.07) is -0.766. The van der Waals surface area contributed by atoms with Gasteiger partial charge in [0.15, 0.2) is 0 Å². The molecule has 0 fully saturated rings. The second-order valence-electron chi connectivity index (χ2n) is 28.8. The van der Waals surface area contributed by atoms with Gasteiger partial charge in [-0.05, 0) is 70.6 Å². The number of hydrogen-bond acceptors (Lipinski definition) is 5. The topological polar surface area (TPSA) is 105 Å². The Kier molecular flexibility index (Phi) is 72.1. The van der Waals surface area contributed by atoms with Crippen LogP contribution in [0.2, 0.25) is 0 Å². The number of aliphatic hydroxyl groups excluding tert-OH is 1. The van der Waals surface area contributed by atoms with Gasteiger partial charge in [-0.3, -0.25) is 13.8 Å². The first-order valence-corrected chi connectivity index (χ1v) is 41.9. The molecular weight excluding hydrogens is 1160 g/mol. The molecule has 0 saturated heterocycles. The molecule has 0 heterocycles. The molecule has 9 heteroatoms. The van der Waals surface area contributed by atoms with Gasteiger partial charge in [-0.1, -0.05) is 401 Å². The molecule has 0 radical (unpaired) electrons. The zero-order chi connectivity index (χ0) is 67.6.